The Morgan fingerprint density at radius 1 is 1.00 bits per heavy atom. The SMILES string of the molecule is Fc1cc(F)c(F)c(-c2ccc(NC3C[C@@H]4CN(C[C@H]5CC6CCC5O6)C[C@@H]4C3)nn2)c1. The van der Waals surface area contributed by atoms with Gasteiger partial charge in [0.15, 0.2) is 11.6 Å². The second kappa shape index (κ2) is 7.99. The zero-order valence-electron chi connectivity index (χ0n) is 17.8. The van der Waals surface area contributed by atoms with E-state index in [1.165, 1.54) is 25.8 Å². The standard InChI is InChI=1S/C24H27F3N4O/c25-16-8-19(24(27)20(26)9-16)21-2-4-23(30-29-21)28-17-5-13-10-31(11-14(13)6-17)12-15-7-18-1-3-22(15)32-18/h2,4,8-9,13-15,17-18,22H,1,3,5-7,10-12H2,(H,28,30)/t13-,14+,15-,17?,18?,22?/m1/s1. The highest BCUT2D eigenvalue weighted by atomic mass is 19.2. The number of halogens is 3. The molecule has 1 saturated carbocycles. The zero-order chi connectivity index (χ0) is 21.8. The summed E-state index contributed by atoms with van der Waals surface area (Å²) in [6.45, 7) is 3.49. The van der Waals surface area contributed by atoms with Gasteiger partial charge in [0.1, 0.15) is 11.6 Å². The number of hydrogen-bond donors (Lipinski definition) is 1. The molecule has 6 atom stereocenters. The Hall–Kier alpha value is -2.19. The molecule has 1 aliphatic carbocycles. The molecule has 0 spiro atoms. The van der Waals surface area contributed by atoms with E-state index in [2.05, 4.69) is 20.4 Å². The monoisotopic (exact) mass is 444 g/mol. The summed E-state index contributed by atoms with van der Waals surface area (Å²) < 4.78 is 47.0. The van der Waals surface area contributed by atoms with Crippen molar-refractivity contribution >= 4 is 5.82 Å². The van der Waals surface area contributed by atoms with Crippen LogP contribution in [0.3, 0.4) is 0 Å². The minimum absolute atomic E-state index is 0.106. The van der Waals surface area contributed by atoms with Crippen molar-refractivity contribution in [1.29, 1.82) is 0 Å². The Balaban J connectivity index is 1.04. The van der Waals surface area contributed by atoms with Crippen molar-refractivity contribution in [3.8, 4) is 11.3 Å². The van der Waals surface area contributed by atoms with Gasteiger partial charge in [-0.1, -0.05) is 0 Å². The van der Waals surface area contributed by atoms with Crippen LogP contribution in [0.1, 0.15) is 32.1 Å². The maximum Gasteiger partial charge on any atom is 0.168 e. The van der Waals surface area contributed by atoms with E-state index in [1.807, 2.05) is 0 Å². The molecular weight excluding hydrogens is 417 g/mol. The molecule has 4 aliphatic rings. The van der Waals surface area contributed by atoms with E-state index in [1.54, 1.807) is 12.1 Å². The van der Waals surface area contributed by atoms with Gasteiger partial charge in [-0.05, 0) is 62.1 Å². The molecule has 2 aromatic rings. The molecule has 0 amide bonds. The van der Waals surface area contributed by atoms with Crippen molar-refractivity contribution in [1.82, 2.24) is 15.1 Å². The summed E-state index contributed by atoms with van der Waals surface area (Å²) in [5.41, 5.74) is -0.118. The fourth-order valence-electron chi connectivity index (χ4n) is 6.44. The van der Waals surface area contributed by atoms with Gasteiger partial charge >= 0.3 is 0 Å². The lowest BCUT2D eigenvalue weighted by Gasteiger charge is -2.26. The molecule has 3 unspecified atom stereocenters. The van der Waals surface area contributed by atoms with Crippen LogP contribution in [0.25, 0.3) is 11.3 Å². The van der Waals surface area contributed by atoms with E-state index >= 15 is 0 Å². The predicted octanol–water partition coefficient (Wildman–Crippen LogP) is 4.25. The second-order valence-corrected chi connectivity index (χ2v) is 9.97. The number of hydrogen-bond acceptors (Lipinski definition) is 5. The van der Waals surface area contributed by atoms with Crippen molar-refractivity contribution in [2.75, 3.05) is 25.0 Å². The molecule has 0 radical (unpaired) electrons. The Bertz CT molecular complexity index is 989. The van der Waals surface area contributed by atoms with E-state index in [0.29, 0.717) is 47.9 Å². The molecule has 4 fully saturated rings. The number of benzene rings is 1. The number of anilines is 1. The average Bonchev–Trinajstić information content (AvgIpc) is 3.53. The van der Waals surface area contributed by atoms with Crippen LogP contribution in [0.4, 0.5) is 19.0 Å². The smallest absolute Gasteiger partial charge is 0.168 e. The molecule has 1 aromatic heterocycles. The number of nitrogens with one attached hydrogen (secondary N) is 1. The summed E-state index contributed by atoms with van der Waals surface area (Å²) in [6, 6.07) is 5.02. The number of nitrogens with zero attached hydrogens (tertiary/aromatic N) is 3. The highest BCUT2D eigenvalue weighted by Gasteiger charge is 2.45. The van der Waals surface area contributed by atoms with Gasteiger partial charge in [-0.3, -0.25) is 0 Å². The Kier molecular flexibility index (Phi) is 5.10. The molecule has 1 aromatic carbocycles. The average molecular weight is 445 g/mol. The highest BCUT2D eigenvalue weighted by molar-refractivity contribution is 5.60. The van der Waals surface area contributed by atoms with Crippen molar-refractivity contribution < 1.29 is 17.9 Å². The van der Waals surface area contributed by atoms with Crippen LogP contribution in [0.5, 0.6) is 0 Å². The second-order valence-electron chi connectivity index (χ2n) is 9.97. The van der Waals surface area contributed by atoms with Gasteiger partial charge in [-0.2, -0.15) is 0 Å². The van der Waals surface area contributed by atoms with Crippen LogP contribution in [0.15, 0.2) is 24.3 Å². The maximum absolute atomic E-state index is 14.0. The lowest BCUT2D eigenvalue weighted by molar-refractivity contribution is 0.0854. The minimum atomic E-state index is -1.23. The molecule has 5 nitrogen and oxygen atoms in total. The number of aromatic nitrogens is 2. The number of ether oxygens (including phenoxy) is 1. The molecule has 4 heterocycles. The van der Waals surface area contributed by atoms with Gasteiger partial charge in [0.25, 0.3) is 0 Å². The first-order chi connectivity index (χ1) is 15.5. The first-order valence-corrected chi connectivity index (χ1v) is 11.6. The molecule has 3 saturated heterocycles. The van der Waals surface area contributed by atoms with E-state index in [-0.39, 0.29) is 11.3 Å². The predicted molar refractivity (Wildman–Crippen MR) is 113 cm³/mol. The normalized spacial score (nSPS) is 33.7. The lowest BCUT2D eigenvalue weighted by atomic mass is 9.89. The van der Waals surface area contributed by atoms with Gasteiger partial charge in [-0.25, -0.2) is 13.2 Å². The number of rotatable bonds is 5. The summed E-state index contributed by atoms with van der Waals surface area (Å²) in [5.74, 6) is -0.483. The van der Waals surface area contributed by atoms with E-state index in [9.17, 15) is 13.2 Å². The zero-order valence-corrected chi connectivity index (χ0v) is 17.8. The third kappa shape index (κ3) is 3.77. The highest BCUT2D eigenvalue weighted by Crippen LogP contribution is 2.43. The number of likely N-dealkylation sites (tertiary alicyclic amines) is 1. The molecule has 6 rings (SSSR count). The van der Waals surface area contributed by atoms with Crippen molar-refractivity contribution in [3.05, 3.63) is 41.7 Å². The first-order valence-electron chi connectivity index (χ1n) is 11.6. The molecule has 8 heteroatoms. The topological polar surface area (TPSA) is 50.3 Å². The van der Waals surface area contributed by atoms with E-state index in [4.69, 9.17) is 4.74 Å². The molecule has 1 N–H and O–H groups in total. The van der Waals surface area contributed by atoms with Crippen LogP contribution >= 0.6 is 0 Å². The summed E-state index contributed by atoms with van der Waals surface area (Å²) in [4.78, 5) is 2.64. The van der Waals surface area contributed by atoms with Crippen LogP contribution in [0.2, 0.25) is 0 Å². The number of fused-ring (bicyclic) bond motifs is 3. The maximum atomic E-state index is 14.0. The van der Waals surface area contributed by atoms with Crippen LogP contribution < -0.4 is 5.32 Å². The Morgan fingerprint density at radius 2 is 1.81 bits per heavy atom. The van der Waals surface area contributed by atoms with Crippen molar-refractivity contribution in [2.24, 2.45) is 17.8 Å². The fourth-order valence-corrected chi connectivity index (χ4v) is 6.44. The van der Waals surface area contributed by atoms with Crippen molar-refractivity contribution in [3.63, 3.8) is 0 Å². The summed E-state index contributed by atoms with van der Waals surface area (Å²) in [6.07, 6.45) is 6.93. The quantitative estimate of drug-likeness (QED) is 0.699. The van der Waals surface area contributed by atoms with E-state index in [0.717, 1.165) is 32.0 Å². The van der Waals surface area contributed by atoms with Crippen LogP contribution in [0, 0.1) is 35.2 Å². The third-order valence-corrected chi connectivity index (χ3v) is 7.84. The molecule has 170 valence electrons. The van der Waals surface area contributed by atoms with Crippen LogP contribution in [-0.4, -0.2) is 53.0 Å². The van der Waals surface area contributed by atoms with Gasteiger partial charge < -0.3 is 15.0 Å². The molecular formula is C24H27F3N4O. The van der Waals surface area contributed by atoms with E-state index < -0.39 is 17.5 Å². The summed E-state index contributed by atoms with van der Waals surface area (Å²) in [5, 5.41) is 11.6. The van der Waals surface area contributed by atoms with Crippen molar-refractivity contribution in [2.45, 2.75) is 50.4 Å². The Morgan fingerprint density at radius 3 is 2.47 bits per heavy atom. The third-order valence-electron chi connectivity index (χ3n) is 7.84. The molecule has 32 heavy (non-hydrogen) atoms. The first kappa shape index (κ1) is 20.4. The van der Waals surface area contributed by atoms with Gasteiger partial charge in [0, 0.05) is 43.2 Å². The Labute approximate surface area is 185 Å². The summed E-state index contributed by atoms with van der Waals surface area (Å²) in [7, 11) is 0. The van der Waals surface area contributed by atoms with Gasteiger partial charge in [0.2, 0.25) is 0 Å². The van der Waals surface area contributed by atoms with Gasteiger partial charge in [-0.15, -0.1) is 10.2 Å². The largest absolute Gasteiger partial charge is 0.375 e. The summed E-state index contributed by atoms with van der Waals surface area (Å²) >= 11 is 0. The van der Waals surface area contributed by atoms with Crippen LogP contribution in [-0.2, 0) is 4.74 Å². The fraction of sp³-hybridized carbons (Fsp3) is 0.583. The lowest BCUT2D eigenvalue weighted by Crippen LogP contribution is -2.33. The minimum Gasteiger partial charge on any atom is -0.375 e. The molecule has 2 bridgehead atoms. The van der Waals surface area contributed by atoms with Gasteiger partial charge in [0.05, 0.1) is 17.9 Å². The molecule has 3 aliphatic heterocycles.